The van der Waals surface area contributed by atoms with Gasteiger partial charge in [0.25, 0.3) is 5.91 Å². The fourth-order valence-corrected chi connectivity index (χ4v) is 5.13. The molecule has 0 radical (unpaired) electrons. The Morgan fingerprint density at radius 3 is 2.97 bits per heavy atom. The summed E-state index contributed by atoms with van der Waals surface area (Å²) in [7, 11) is 0. The molecule has 1 atom stereocenters. The summed E-state index contributed by atoms with van der Waals surface area (Å²) in [6.45, 7) is 7.17. The van der Waals surface area contributed by atoms with Crippen LogP contribution in [-0.2, 0) is 25.8 Å². The van der Waals surface area contributed by atoms with Crippen LogP contribution in [0.15, 0.2) is 43.1 Å². The predicted octanol–water partition coefficient (Wildman–Crippen LogP) is 3.48. The Kier molecular flexibility index (Phi) is 5.64. The molecule has 1 aromatic carbocycles. The quantitative estimate of drug-likeness (QED) is 0.579. The van der Waals surface area contributed by atoms with E-state index in [0.717, 1.165) is 63.7 Å². The van der Waals surface area contributed by atoms with Gasteiger partial charge >= 0.3 is 0 Å². The predicted molar refractivity (Wildman–Crippen MR) is 123 cm³/mol. The van der Waals surface area contributed by atoms with E-state index in [-0.39, 0.29) is 5.91 Å². The highest BCUT2D eigenvalue weighted by molar-refractivity contribution is 5.94. The molecule has 2 aromatic heterocycles. The molecule has 1 unspecified atom stereocenters. The highest BCUT2D eigenvalue weighted by Crippen LogP contribution is 2.27. The Morgan fingerprint density at radius 1 is 1.29 bits per heavy atom. The van der Waals surface area contributed by atoms with Gasteiger partial charge in [0.1, 0.15) is 0 Å². The average Bonchev–Trinajstić information content (AvgIpc) is 3.53. The van der Waals surface area contributed by atoms with Crippen molar-refractivity contribution in [3.05, 3.63) is 65.6 Å². The molecule has 0 bridgehead atoms. The van der Waals surface area contributed by atoms with Crippen molar-refractivity contribution in [2.45, 2.75) is 51.1 Å². The molecule has 2 N–H and O–H groups in total. The summed E-state index contributed by atoms with van der Waals surface area (Å²) in [6.07, 6.45) is 10.1. The molecule has 1 saturated heterocycles. The van der Waals surface area contributed by atoms with Crippen LogP contribution in [0.2, 0.25) is 0 Å². The molecule has 1 aliphatic heterocycles. The van der Waals surface area contributed by atoms with E-state index >= 15 is 0 Å². The van der Waals surface area contributed by atoms with E-state index in [1.807, 2.05) is 15.7 Å². The third-order valence-corrected chi connectivity index (χ3v) is 6.75. The van der Waals surface area contributed by atoms with Gasteiger partial charge in [-0.2, -0.15) is 5.10 Å². The van der Waals surface area contributed by atoms with Crippen molar-refractivity contribution in [1.29, 1.82) is 0 Å². The standard InChI is InChI=1S/C25H31N5O/c1-2-13-30-23-10-9-19(16-21(23)24(28-30)25(31)29-14-5-6-15-29)26-12-11-18-17-27-22-8-4-3-7-20(18)22/h2-4,7-8,17,19,26-27H,1,5-6,9-16H2. The summed E-state index contributed by atoms with van der Waals surface area (Å²) in [6, 6.07) is 8.83. The van der Waals surface area contributed by atoms with Gasteiger partial charge < -0.3 is 15.2 Å². The minimum atomic E-state index is 0.107. The lowest BCUT2D eigenvalue weighted by molar-refractivity contribution is 0.0785. The topological polar surface area (TPSA) is 66.0 Å². The minimum Gasteiger partial charge on any atom is -0.361 e. The Bertz CT molecular complexity index is 1090. The third-order valence-electron chi connectivity index (χ3n) is 6.75. The lowest BCUT2D eigenvalue weighted by Gasteiger charge is -2.25. The maximum absolute atomic E-state index is 13.1. The molecule has 162 valence electrons. The number of benzene rings is 1. The number of likely N-dealkylation sites (tertiary alicyclic amines) is 1. The fourth-order valence-electron chi connectivity index (χ4n) is 5.13. The minimum absolute atomic E-state index is 0.107. The van der Waals surface area contributed by atoms with Gasteiger partial charge in [0.2, 0.25) is 0 Å². The Labute approximate surface area is 183 Å². The lowest BCUT2D eigenvalue weighted by atomic mass is 9.91. The van der Waals surface area contributed by atoms with Crippen molar-refractivity contribution in [1.82, 2.24) is 25.0 Å². The third kappa shape index (κ3) is 3.92. The largest absolute Gasteiger partial charge is 0.361 e. The normalized spacial score (nSPS) is 18.5. The van der Waals surface area contributed by atoms with Crippen molar-refractivity contribution >= 4 is 16.8 Å². The van der Waals surface area contributed by atoms with Gasteiger partial charge in [-0.05, 0) is 56.7 Å². The molecule has 1 amide bonds. The second kappa shape index (κ2) is 8.71. The number of hydrogen-bond donors (Lipinski definition) is 2. The number of hydrogen-bond acceptors (Lipinski definition) is 3. The molecule has 6 nitrogen and oxygen atoms in total. The number of carbonyl (C=O) groups excluding carboxylic acids is 1. The summed E-state index contributed by atoms with van der Waals surface area (Å²) in [5, 5.41) is 9.79. The average molecular weight is 418 g/mol. The van der Waals surface area contributed by atoms with E-state index in [0.29, 0.717) is 18.3 Å². The smallest absolute Gasteiger partial charge is 0.274 e. The first-order valence-corrected chi connectivity index (χ1v) is 11.5. The Hall–Kier alpha value is -2.86. The molecule has 2 aliphatic rings. The van der Waals surface area contributed by atoms with Crippen LogP contribution in [-0.4, -0.2) is 51.2 Å². The van der Waals surface area contributed by atoms with Crippen molar-refractivity contribution in [3.8, 4) is 0 Å². The summed E-state index contributed by atoms with van der Waals surface area (Å²) < 4.78 is 1.99. The number of nitrogens with zero attached hydrogens (tertiary/aromatic N) is 3. The summed E-state index contributed by atoms with van der Waals surface area (Å²) in [5.74, 6) is 0.107. The van der Waals surface area contributed by atoms with Crippen LogP contribution in [0.5, 0.6) is 0 Å². The Morgan fingerprint density at radius 2 is 2.13 bits per heavy atom. The highest BCUT2D eigenvalue weighted by Gasteiger charge is 2.31. The molecule has 1 aliphatic carbocycles. The number of para-hydroxylation sites is 1. The zero-order valence-electron chi connectivity index (χ0n) is 18.1. The first-order chi connectivity index (χ1) is 15.2. The second-order valence-corrected chi connectivity index (χ2v) is 8.75. The van der Waals surface area contributed by atoms with Crippen molar-refractivity contribution in [3.63, 3.8) is 0 Å². The van der Waals surface area contributed by atoms with Crippen LogP contribution >= 0.6 is 0 Å². The van der Waals surface area contributed by atoms with Crippen LogP contribution in [0.4, 0.5) is 0 Å². The number of aromatic amines is 1. The number of rotatable bonds is 7. The number of aromatic nitrogens is 3. The molecule has 31 heavy (non-hydrogen) atoms. The van der Waals surface area contributed by atoms with E-state index in [1.165, 1.54) is 22.2 Å². The van der Waals surface area contributed by atoms with E-state index in [1.54, 1.807) is 0 Å². The van der Waals surface area contributed by atoms with E-state index < -0.39 is 0 Å². The van der Waals surface area contributed by atoms with E-state index in [2.05, 4.69) is 47.3 Å². The van der Waals surface area contributed by atoms with Gasteiger partial charge in [-0.1, -0.05) is 24.3 Å². The first kappa shape index (κ1) is 20.1. The van der Waals surface area contributed by atoms with Gasteiger partial charge in [0.05, 0.1) is 6.54 Å². The van der Waals surface area contributed by atoms with Gasteiger partial charge in [-0.3, -0.25) is 9.48 Å². The highest BCUT2D eigenvalue weighted by atomic mass is 16.2. The van der Waals surface area contributed by atoms with Crippen LogP contribution in [0.25, 0.3) is 10.9 Å². The van der Waals surface area contributed by atoms with Gasteiger partial charge in [-0.15, -0.1) is 6.58 Å². The van der Waals surface area contributed by atoms with E-state index in [4.69, 9.17) is 5.10 Å². The SMILES string of the molecule is C=CCn1nc(C(=O)N2CCCC2)c2c1CCC(NCCc1c[nH]c3ccccc13)C2. The monoisotopic (exact) mass is 417 g/mol. The summed E-state index contributed by atoms with van der Waals surface area (Å²) in [4.78, 5) is 18.5. The number of nitrogens with one attached hydrogen (secondary N) is 2. The molecule has 3 heterocycles. The van der Waals surface area contributed by atoms with Crippen molar-refractivity contribution < 1.29 is 4.79 Å². The number of allylic oxidation sites excluding steroid dienone is 1. The zero-order valence-corrected chi connectivity index (χ0v) is 18.1. The van der Waals surface area contributed by atoms with Crippen LogP contribution in [0, 0.1) is 0 Å². The zero-order chi connectivity index (χ0) is 21.2. The molecule has 3 aromatic rings. The number of carbonyl (C=O) groups is 1. The van der Waals surface area contributed by atoms with Gasteiger partial charge in [0.15, 0.2) is 5.69 Å². The molecule has 0 spiro atoms. The number of amides is 1. The van der Waals surface area contributed by atoms with E-state index in [9.17, 15) is 4.79 Å². The number of fused-ring (bicyclic) bond motifs is 2. The van der Waals surface area contributed by atoms with Gasteiger partial charge in [-0.25, -0.2) is 0 Å². The van der Waals surface area contributed by atoms with Crippen LogP contribution < -0.4 is 5.32 Å². The lowest BCUT2D eigenvalue weighted by Crippen LogP contribution is -2.37. The maximum atomic E-state index is 13.1. The molecular weight excluding hydrogens is 386 g/mol. The molecule has 5 rings (SSSR count). The molecule has 1 fully saturated rings. The van der Waals surface area contributed by atoms with Crippen LogP contribution in [0.3, 0.4) is 0 Å². The molecule has 0 saturated carbocycles. The first-order valence-electron chi connectivity index (χ1n) is 11.5. The summed E-state index contributed by atoms with van der Waals surface area (Å²) in [5.41, 5.74) is 5.58. The number of H-pyrrole nitrogens is 1. The Balaban J connectivity index is 1.28. The molecular formula is C25H31N5O. The molecule has 6 heteroatoms. The van der Waals surface area contributed by atoms with Crippen LogP contribution in [0.1, 0.15) is 46.6 Å². The summed E-state index contributed by atoms with van der Waals surface area (Å²) >= 11 is 0. The second-order valence-electron chi connectivity index (χ2n) is 8.75. The van der Waals surface area contributed by atoms with Crippen molar-refractivity contribution in [2.24, 2.45) is 0 Å². The van der Waals surface area contributed by atoms with Gasteiger partial charge in [0, 0.05) is 47.5 Å². The van der Waals surface area contributed by atoms with Crippen molar-refractivity contribution in [2.75, 3.05) is 19.6 Å². The maximum Gasteiger partial charge on any atom is 0.274 e. The fraction of sp³-hybridized carbons (Fsp3) is 0.440.